The lowest BCUT2D eigenvalue weighted by Gasteiger charge is -2.52. The molecule has 1 saturated heterocycles. The van der Waals surface area contributed by atoms with Crippen LogP contribution in [0.3, 0.4) is 0 Å². The minimum absolute atomic E-state index is 0.0376. The number of anilines is 1. The van der Waals surface area contributed by atoms with E-state index < -0.39 is 0 Å². The number of hydrogen-bond donors (Lipinski definition) is 1. The Morgan fingerprint density at radius 2 is 1.78 bits per heavy atom. The average Bonchev–Trinajstić information content (AvgIpc) is 3.56. The smallest absolute Gasteiger partial charge is 0.225 e. The summed E-state index contributed by atoms with van der Waals surface area (Å²) >= 11 is 6.42. The molecule has 1 aliphatic carbocycles. The highest BCUT2D eigenvalue weighted by Crippen LogP contribution is 2.50. The number of amides is 1. The summed E-state index contributed by atoms with van der Waals surface area (Å²) in [4.78, 5) is 30.2. The lowest BCUT2D eigenvalue weighted by atomic mass is 9.68. The summed E-state index contributed by atoms with van der Waals surface area (Å²) in [5.41, 5.74) is 4.37. The molecule has 0 radical (unpaired) electrons. The molecule has 12 heteroatoms. The third-order valence-corrected chi connectivity index (χ3v) is 11.3. The van der Waals surface area contributed by atoms with Gasteiger partial charge in [-0.3, -0.25) is 9.69 Å². The number of hydrogen-bond acceptors (Lipinski definition) is 9. The van der Waals surface area contributed by atoms with Crippen LogP contribution in [-0.4, -0.2) is 103 Å². The van der Waals surface area contributed by atoms with Gasteiger partial charge < -0.3 is 24.6 Å². The number of nitrogens with zero attached hydrogens (tertiary/aromatic N) is 7. The van der Waals surface area contributed by atoms with E-state index >= 15 is 0 Å². The van der Waals surface area contributed by atoms with E-state index in [4.69, 9.17) is 21.1 Å². The molecule has 3 aliphatic rings. The van der Waals surface area contributed by atoms with Gasteiger partial charge in [0.2, 0.25) is 5.91 Å². The van der Waals surface area contributed by atoms with Gasteiger partial charge in [-0.2, -0.15) is 5.10 Å². The molecule has 2 fully saturated rings. The molecule has 1 amide bonds. The number of halogens is 1. The Bertz CT molecular complexity index is 1780. The fourth-order valence-electron chi connectivity index (χ4n) is 8.33. The zero-order valence-electron chi connectivity index (χ0n) is 28.8. The lowest BCUT2D eigenvalue weighted by Crippen LogP contribution is -2.55. The van der Waals surface area contributed by atoms with Crippen molar-refractivity contribution in [1.82, 2.24) is 34.9 Å². The molecule has 4 aromatic rings. The van der Waals surface area contributed by atoms with Gasteiger partial charge in [0.1, 0.15) is 12.1 Å². The normalized spacial score (nSPS) is 21.3. The van der Waals surface area contributed by atoms with Gasteiger partial charge >= 0.3 is 0 Å². The molecule has 2 aromatic heterocycles. The van der Waals surface area contributed by atoms with Crippen LogP contribution in [0.4, 0.5) is 5.82 Å². The summed E-state index contributed by atoms with van der Waals surface area (Å²) in [6.07, 6.45) is 9.21. The first-order valence-electron chi connectivity index (χ1n) is 17.5. The molecular formula is C37H47ClN8O3. The quantitative estimate of drug-likeness (QED) is 0.237. The molecule has 7 rings (SSSR count). The third kappa shape index (κ3) is 6.44. The molecule has 260 valence electrons. The molecule has 1 spiro atoms. The maximum absolute atomic E-state index is 14.0. The van der Waals surface area contributed by atoms with Crippen molar-refractivity contribution < 1.29 is 14.3 Å². The van der Waals surface area contributed by atoms with Gasteiger partial charge in [0, 0.05) is 55.7 Å². The standard InChI is InChI=1S/C37H47ClN8O3/c1-39-14-6-15-45-16-11-27-21-32(48-2)33(49-3)22-30(27)37(45)12-9-26(10-13-37)36(47)44-19-17-43(18-20-44)34-29-23-42-46(35(29)41-25-40-34)24-28-7-4-5-8-31(28)38/h4-5,7-8,21-23,25-26,39H,6,9-20,24H2,1-3H3/t26-,37-. The van der Waals surface area contributed by atoms with E-state index in [1.165, 1.54) is 11.1 Å². The Morgan fingerprint density at radius 3 is 2.51 bits per heavy atom. The molecule has 1 saturated carbocycles. The summed E-state index contributed by atoms with van der Waals surface area (Å²) in [6, 6.07) is 12.2. The van der Waals surface area contributed by atoms with E-state index in [-0.39, 0.29) is 11.5 Å². The predicted molar refractivity (Wildman–Crippen MR) is 192 cm³/mol. The van der Waals surface area contributed by atoms with Crippen molar-refractivity contribution >= 4 is 34.4 Å². The van der Waals surface area contributed by atoms with Crippen LogP contribution in [0.15, 0.2) is 48.9 Å². The van der Waals surface area contributed by atoms with Gasteiger partial charge in [0.05, 0.1) is 32.3 Å². The van der Waals surface area contributed by atoms with Crippen molar-refractivity contribution in [3.05, 3.63) is 70.6 Å². The number of piperazine rings is 1. The minimum Gasteiger partial charge on any atom is -0.493 e. The average molecular weight is 687 g/mol. The van der Waals surface area contributed by atoms with Crippen molar-refractivity contribution in [2.75, 3.05) is 72.0 Å². The van der Waals surface area contributed by atoms with E-state index in [2.05, 4.69) is 47.2 Å². The Morgan fingerprint density at radius 1 is 1.02 bits per heavy atom. The number of aromatic nitrogens is 4. The van der Waals surface area contributed by atoms with E-state index in [9.17, 15) is 4.79 Å². The van der Waals surface area contributed by atoms with Gasteiger partial charge in [-0.1, -0.05) is 29.8 Å². The van der Waals surface area contributed by atoms with Gasteiger partial charge in [0.15, 0.2) is 17.1 Å². The van der Waals surface area contributed by atoms with Crippen LogP contribution in [0.5, 0.6) is 11.5 Å². The zero-order chi connectivity index (χ0) is 34.0. The molecule has 11 nitrogen and oxygen atoms in total. The molecule has 0 unspecified atom stereocenters. The summed E-state index contributed by atoms with van der Waals surface area (Å²) in [5.74, 6) is 2.76. The summed E-state index contributed by atoms with van der Waals surface area (Å²) in [6.45, 7) is 6.37. The lowest BCUT2D eigenvalue weighted by molar-refractivity contribution is -0.138. The van der Waals surface area contributed by atoms with Crippen molar-refractivity contribution in [3.63, 3.8) is 0 Å². The third-order valence-electron chi connectivity index (χ3n) is 11.0. The van der Waals surface area contributed by atoms with E-state index in [1.54, 1.807) is 20.5 Å². The number of benzene rings is 2. The number of rotatable bonds is 10. The van der Waals surface area contributed by atoms with Crippen molar-refractivity contribution in [3.8, 4) is 11.5 Å². The Kier molecular flexibility index (Phi) is 9.94. The highest BCUT2D eigenvalue weighted by atomic mass is 35.5. The van der Waals surface area contributed by atoms with E-state index in [1.807, 2.05) is 42.2 Å². The second-order valence-electron chi connectivity index (χ2n) is 13.5. The summed E-state index contributed by atoms with van der Waals surface area (Å²) < 4.78 is 13.3. The van der Waals surface area contributed by atoms with Crippen molar-refractivity contribution in [2.24, 2.45) is 5.92 Å². The molecule has 49 heavy (non-hydrogen) atoms. The van der Waals surface area contributed by atoms with Crippen LogP contribution in [-0.2, 0) is 23.3 Å². The first-order valence-corrected chi connectivity index (χ1v) is 17.9. The fourth-order valence-corrected chi connectivity index (χ4v) is 8.53. The van der Waals surface area contributed by atoms with Gasteiger partial charge in [-0.15, -0.1) is 0 Å². The molecule has 4 heterocycles. The number of fused-ring (bicyclic) bond motifs is 3. The number of ether oxygens (including phenoxy) is 2. The minimum atomic E-state index is -0.0922. The molecular weight excluding hydrogens is 640 g/mol. The Balaban J connectivity index is 1.02. The zero-order valence-corrected chi connectivity index (χ0v) is 29.6. The van der Waals surface area contributed by atoms with Crippen LogP contribution in [0.25, 0.3) is 11.0 Å². The highest BCUT2D eigenvalue weighted by molar-refractivity contribution is 6.31. The second kappa shape index (κ2) is 14.5. The summed E-state index contributed by atoms with van der Waals surface area (Å²) in [7, 11) is 5.43. The van der Waals surface area contributed by atoms with Gasteiger partial charge in [-0.25, -0.2) is 14.6 Å². The largest absolute Gasteiger partial charge is 0.493 e. The molecule has 2 aliphatic heterocycles. The van der Waals surface area contributed by atoms with Crippen molar-refractivity contribution in [1.29, 1.82) is 0 Å². The first kappa shape index (κ1) is 33.6. The van der Waals surface area contributed by atoms with Crippen molar-refractivity contribution in [2.45, 2.75) is 50.6 Å². The predicted octanol–water partition coefficient (Wildman–Crippen LogP) is 4.75. The van der Waals surface area contributed by atoms with E-state index in [0.29, 0.717) is 30.6 Å². The Hall–Kier alpha value is -3.93. The molecule has 0 bridgehead atoms. The molecule has 0 atom stereocenters. The highest BCUT2D eigenvalue weighted by Gasteiger charge is 2.47. The number of nitrogens with one attached hydrogen (secondary N) is 1. The molecule has 1 N–H and O–H groups in total. The van der Waals surface area contributed by atoms with Crippen LogP contribution in [0.2, 0.25) is 5.02 Å². The molecule has 2 aromatic carbocycles. The van der Waals surface area contributed by atoms with Crippen LogP contribution in [0, 0.1) is 5.92 Å². The van der Waals surface area contributed by atoms with Crippen LogP contribution < -0.4 is 19.7 Å². The Labute approximate surface area is 293 Å². The number of carbonyl (C=O) groups excluding carboxylic acids is 1. The van der Waals surface area contributed by atoms with E-state index in [0.717, 1.165) is 105 Å². The first-order chi connectivity index (χ1) is 24.0. The summed E-state index contributed by atoms with van der Waals surface area (Å²) in [5, 5.41) is 9.56. The SMILES string of the molecule is CNCCCN1CCc2cc(OC)c(OC)cc2[C@]12CC[C@@H](C(=O)N1CCN(c3ncnc4c3cnn4Cc3ccccc3Cl)CC1)CC2. The number of methoxy groups -OCH3 is 2. The van der Waals surface area contributed by atoms with Gasteiger partial charge in [0.25, 0.3) is 0 Å². The van der Waals surface area contributed by atoms with Crippen LogP contribution >= 0.6 is 11.6 Å². The topological polar surface area (TPSA) is 101 Å². The maximum atomic E-state index is 14.0. The maximum Gasteiger partial charge on any atom is 0.225 e. The monoisotopic (exact) mass is 686 g/mol. The van der Waals surface area contributed by atoms with Gasteiger partial charge in [-0.05, 0) is 87.0 Å². The number of carbonyl (C=O) groups is 1. The van der Waals surface area contributed by atoms with Crippen LogP contribution in [0.1, 0.15) is 48.8 Å². The second-order valence-corrected chi connectivity index (χ2v) is 13.9. The fraction of sp³-hybridized carbons (Fsp3) is 0.514.